The molecule has 5 nitrogen and oxygen atoms in total. The predicted molar refractivity (Wildman–Crippen MR) is 69.4 cm³/mol. The molecule has 0 aliphatic rings. The Kier molecular flexibility index (Phi) is 5.29. The lowest BCUT2D eigenvalue weighted by molar-refractivity contribution is -0.138. The third-order valence-corrected chi connectivity index (χ3v) is 2.87. The average molecular weight is 268 g/mol. The zero-order valence-corrected chi connectivity index (χ0v) is 10.6. The van der Waals surface area contributed by atoms with Crippen LogP contribution in [-0.2, 0) is 4.79 Å². The van der Waals surface area contributed by atoms with Crippen LogP contribution < -0.4 is 11.1 Å². The van der Waals surface area contributed by atoms with E-state index < -0.39 is 17.7 Å². The van der Waals surface area contributed by atoms with Gasteiger partial charge in [0.25, 0.3) is 5.91 Å². The van der Waals surface area contributed by atoms with Crippen molar-refractivity contribution < 1.29 is 19.1 Å². The van der Waals surface area contributed by atoms with Gasteiger partial charge in [-0.3, -0.25) is 9.59 Å². The molecule has 0 spiro atoms. The number of carboxylic acid groups (broad SMARTS) is 1. The first-order valence-corrected chi connectivity index (χ1v) is 5.99. The summed E-state index contributed by atoms with van der Waals surface area (Å²) in [7, 11) is 0. The van der Waals surface area contributed by atoms with Crippen LogP contribution >= 0.6 is 0 Å². The number of rotatable bonds is 7. The molecule has 0 bridgehead atoms. The first-order chi connectivity index (χ1) is 8.93. The fourth-order valence-corrected chi connectivity index (χ4v) is 1.74. The quantitative estimate of drug-likeness (QED) is 0.703. The van der Waals surface area contributed by atoms with Gasteiger partial charge in [0.2, 0.25) is 0 Å². The molecular formula is C13H17FN2O3. The SMILES string of the molecule is CCC(CNc1ccc(F)cc1C(N)=O)CC(=O)O. The van der Waals surface area contributed by atoms with Gasteiger partial charge in [0.05, 0.1) is 5.56 Å². The van der Waals surface area contributed by atoms with Gasteiger partial charge in [-0.25, -0.2) is 4.39 Å². The maximum Gasteiger partial charge on any atom is 0.303 e. The lowest BCUT2D eigenvalue weighted by atomic mass is 10.0. The number of carbonyl (C=O) groups is 2. The fourth-order valence-electron chi connectivity index (χ4n) is 1.74. The van der Waals surface area contributed by atoms with Crippen LogP contribution in [0.3, 0.4) is 0 Å². The van der Waals surface area contributed by atoms with Crippen molar-refractivity contribution in [3.05, 3.63) is 29.6 Å². The molecule has 0 aliphatic heterocycles. The van der Waals surface area contributed by atoms with E-state index in [4.69, 9.17) is 10.8 Å². The Morgan fingerprint density at radius 2 is 2.16 bits per heavy atom. The van der Waals surface area contributed by atoms with E-state index in [0.717, 1.165) is 6.07 Å². The molecule has 19 heavy (non-hydrogen) atoms. The minimum atomic E-state index is -0.872. The number of hydrogen-bond acceptors (Lipinski definition) is 3. The number of aliphatic carboxylic acids is 1. The molecule has 0 fully saturated rings. The minimum Gasteiger partial charge on any atom is -0.481 e. The van der Waals surface area contributed by atoms with Gasteiger partial charge in [-0.2, -0.15) is 0 Å². The van der Waals surface area contributed by atoms with Crippen molar-refractivity contribution in [2.24, 2.45) is 11.7 Å². The van der Waals surface area contributed by atoms with E-state index in [2.05, 4.69) is 5.32 Å². The van der Waals surface area contributed by atoms with Crippen LogP contribution in [0.15, 0.2) is 18.2 Å². The number of halogens is 1. The summed E-state index contributed by atoms with van der Waals surface area (Å²) in [5, 5.41) is 11.7. The van der Waals surface area contributed by atoms with Crippen LogP contribution in [0.5, 0.6) is 0 Å². The number of anilines is 1. The Morgan fingerprint density at radius 1 is 1.47 bits per heavy atom. The Labute approximate surface area is 110 Å². The van der Waals surface area contributed by atoms with Crippen molar-refractivity contribution in [3.63, 3.8) is 0 Å². The van der Waals surface area contributed by atoms with Crippen molar-refractivity contribution in [2.75, 3.05) is 11.9 Å². The van der Waals surface area contributed by atoms with Gasteiger partial charge in [-0.15, -0.1) is 0 Å². The van der Waals surface area contributed by atoms with Crippen molar-refractivity contribution in [1.82, 2.24) is 0 Å². The maximum atomic E-state index is 13.0. The van der Waals surface area contributed by atoms with Gasteiger partial charge in [0, 0.05) is 18.7 Å². The second-order valence-electron chi connectivity index (χ2n) is 4.31. The molecule has 0 heterocycles. The molecule has 0 saturated heterocycles. The number of carbonyl (C=O) groups excluding carboxylic acids is 1. The summed E-state index contributed by atoms with van der Waals surface area (Å²) in [6.45, 7) is 2.27. The van der Waals surface area contributed by atoms with Gasteiger partial charge in [-0.1, -0.05) is 13.3 Å². The van der Waals surface area contributed by atoms with Gasteiger partial charge >= 0.3 is 5.97 Å². The molecule has 1 atom stereocenters. The monoisotopic (exact) mass is 268 g/mol. The molecule has 0 saturated carbocycles. The molecule has 0 radical (unpaired) electrons. The molecule has 104 valence electrons. The van der Waals surface area contributed by atoms with Crippen LogP contribution in [0.4, 0.5) is 10.1 Å². The summed E-state index contributed by atoms with van der Waals surface area (Å²) in [4.78, 5) is 21.8. The topological polar surface area (TPSA) is 92.4 Å². The highest BCUT2D eigenvalue weighted by atomic mass is 19.1. The molecule has 1 aromatic rings. The van der Waals surface area contributed by atoms with Crippen molar-refractivity contribution in [2.45, 2.75) is 19.8 Å². The third kappa shape index (κ3) is 4.57. The van der Waals surface area contributed by atoms with Crippen LogP contribution in [0.2, 0.25) is 0 Å². The maximum absolute atomic E-state index is 13.0. The van der Waals surface area contributed by atoms with E-state index in [1.165, 1.54) is 12.1 Å². The molecule has 0 aliphatic carbocycles. The molecule has 1 unspecified atom stereocenters. The van der Waals surface area contributed by atoms with Gasteiger partial charge in [0.15, 0.2) is 0 Å². The van der Waals surface area contributed by atoms with Crippen molar-refractivity contribution >= 4 is 17.6 Å². The Bertz CT molecular complexity index is 477. The molecule has 1 amide bonds. The summed E-state index contributed by atoms with van der Waals surface area (Å²) in [6.07, 6.45) is 0.725. The number of nitrogens with two attached hydrogens (primary N) is 1. The highest BCUT2D eigenvalue weighted by molar-refractivity contribution is 5.98. The van der Waals surface area contributed by atoms with Crippen LogP contribution in [0.25, 0.3) is 0 Å². The zero-order valence-electron chi connectivity index (χ0n) is 10.6. The average Bonchev–Trinajstić information content (AvgIpc) is 2.34. The first kappa shape index (κ1) is 14.9. The standard InChI is InChI=1S/C13H17FN2O3/c1-2-8(5-12(17)18)7-16-11-4-3-9(14)6-10(11)13(15)19/h3-4,6,8,16H,2,5,7H2,1H3,(H2,15,19)(H,17,18). The van der Waals surface area contributed by atoms with E-state index >= 15 is 0 Å². The van der Waals surface area contributed by atoms with Crippen LogP contribution in [0, 0.1) is 11.7 Å². The van der Waals surface area contributed by atoms with Gasteiger partial charge in [-0.05, 0) is 24.1 Å². The van der Waals surface area contributed by atoms with Gasteiger partial charge < -0.3 is 16.2 Å². The fraction of sp³-hybridized carbons (Fsp3) is 0.385. The van der Waals surface area contributed by atoms with Crippen molar-refractivity contribution in [1.29, 1.82) is 0 Å². The molecular weight excluding hydrogens is 251 g/mol. The minimum absolute atomic E-state index is 0.0383. The molecule has 4 N–H and O–H groups in total. The molecule has 6 heteroatoms. The van der Waals surface area contributed by atoms with E-state index in [1.807, 2.05) is 6.92 Å². The molecule has 1 rings (SSSR count). The highest BCUT2D eigenvalue weighted by Gasteiger charge is 2.13. The number of benzene rings is 1. The lowest BCUT2D eigenvalue weighted by Crippen LogP contribution is -2.20. The number of nitrogens with one attached hydrogen (secondary N) is 1. The summed E-state index contributed by atoms with van der Waals surface area (Å²) in [5.41, 5.74) is 5.64. The number of hydrogen-bond donors (Lipinski definition) is 3. The summed E-state index contributed by atoms with van der Waals surface area (Å²) in [6, 6.07) is 3.69. The Hall–Kier alpha value is -2.11. The second-order valence-corrected chi connectivity index (χ2v) is 4.31. The van der Waals surface area contributed by atoms with Crippen LogP contribution in [-0.4, -0.2) is 23.5 Å². The summed E-state index contributed by atoms with van der Waals surface area (Å²) < 4.78 is 13.0. The number of amides is 1. The normalized spacial score (nSPS) is 11.9. The van der Waals surface area contributed by atoms with Crippen LogP contribution in [0.1, 0.15) is 30.1 Å². The number of primary amides is 1. The second kappa shape index (κ2) is 6.72. The Morgan fingerprint density at radius 3 is 2.68 bits per heavy atom. The van der Waals surface area contributed by atoms with E-state index in [1.54, 1.807) is 0 Å². The third-order valence-electron chi connectivity index (χ3n) is 2.87. The summed E-state index contributed by atoms with van der Waals surface area (Å²) in [5.74, 6) is -2.21. The predicted octanol–water partition coefficient (Wildman–Crippen LogP) is 1.84. The largest absolute Gasteiger partial charge is 0.481 e. The lowest BCUT2D eigenvalue weighted by Gasteiger charge is -2.16. The van der Waals surface area contributed by atoms with Crippen molar-refractivity contribution in [3.8, 4) is 0 Å². The zero-order chi connectivity index (χ0) is 14.4. The molecule has 1 aromatic carbocycles. The molecule has 0 aromatic heterocycles. The summed E-state index contributed by atoms with van der Waals surface area (Å²) >= 11 is 0. The van der Waals surface area contributed by atoms with E-state index in [-0.39, 0.29) is 17.9 Å². The highest BCUT2D eigenvalue weighted by Crippen LogP contribution is 2.18. The number of carboxylic acids is 1. The van der Waals surface area contributed by atoms with E-state index in [9.17, 15) is 14.0 Å². The van der Waals surface area contributed by atoms with Gasteiger partial charge in [0.1, 0.15) is 5.82 Å². The first-order valence-electron chi connectivity index (χ1n) is 5.99. The Balaban J connectivity index is 2.76. The van der Waals surface area contributed by atoms with E-state index in [0.29, 0.717) is 18.7 Å². The smallest absolute Gasteiger partial charge is 0.303 e.